The molecule has 1 N–H and O–H groups in total. The van der Waals surface area contributed by atoms with Crippen molar-refractivity contribution >= 4 is 11.7 Å². The lowest BCUT2D eigenvalue weighted by molar-refractivity contribution is -0.142. The van der Waals surface area contributed by atoms with Crippen molar-refractivity contribution in [1.82, 2.24) is 0 Å². The SMILES string of the molecule is O=C(O)C1CCC2Cc3cccc(F)c3N2C1. The van der Waals surface area contributed by atoms with Gasteiger partial charge in [0.15, 0.2) is 0 Å². The number of fused-ring (bicyclic) bond motifs is 3. The third-order valence-electron chi connectivity index (χ3n) is 3.87. The van der Waals surface area contributed by atoms with E-state index in [0.29, 0.717) is 18.7 Å². The van der Waals surface area contributed by atoms with Crippen molar-refractivity contribution in [3.63, 3.8) is 0 Å². The van der Waals surface area contributed by atoms with E-state index in [2.05, 4.69) is 0 Å². The van der Waals surface area contributed by atoms with Crippen LogP contribution in [0.15, 0.2) is 18.2 Å². The molecule has 0 bridgehead atoms. The van der Waals surface area contributed by atoms with Gasteiger partial charge in [-0.25, -0.2) is 4.39 Å². The quantitative estimate of drug-likeness (QED) is 0.810. The summed E-state index contributed by atoms with van der Waals surface area (Å²) in [7, 11) is 0. The molecule has 2 heterocycles. The first kappa shape index (κ1) is 10.6. The second kappa shape index (κ2) is 3.72. The van der Waals surface area contributed by atoms with Crippen molar-refractivity contribution in [3.8, 4) is 0 Å². The summed E-state index contributed by atoms with van der Waals surface area (Å²) in [4.78, 5) is 13.0. The van der Waals surface area contributed by atoms with Crippen molar-refractivity contribution in [2.24, 2.45) is 5.92 Å². The molecule has 0 radical (unpaired) electrons. The van der Waals surface area contributed by atoms with E-state index >= 15 is 0 Å². The summed E-state index contributed by atoms with van der Waals surface area (Å²) in [6, 6.07) is 5.40. The van der Waals surface area contributed by atoms with Gasteiger partial charge in [0.05, 0.1) is 11.6 Å². The summed E-state index contributed by atoms with van der Waals surface area (Å²) < 4.78 is 13.8. The highest BCUT2D eigenvalue weighted by Gasteiger charge is 2.38. The van der Waals surface area contributed by atoms with Gasteiger partial charge in [0.2, 0.25) is 0 Å². The predicted octanol–water partition coefficient (Wildman–Crippen LogP) is 2.05. The highest BCUT2D eigenvalue weighted by Crippen LogP contribution is 2.39. The number of carboxylic acids is 1. The van der Waals surface area contributed by atoms with E-state index in [9.17, 15) is 9.18 Å². The highest BCUT2D eigenvalue weighted by atomic mass is 19.1. The summed E-state index contributed by atoms with van der Waals surface area (Å²) in [5, 5.41) is 9.06. The lowest BCUT2D eigenvalue weighted by atomic mass is 9.93. The van der Waals surface area contributed by atoms with Gasteiger partial charge < -0.3 is 10.0 Å². The molecule has 0 amide bonds. The van der Waals surface area contributed by atoms with E-state index in [1.807, 2.05) is 11.0 Å². The Kier molecular flexibility index (Phi) is 2.31. The summed E-state index contributed by atoms with van der Waals surface area (Å²) >= 11 is 0. The van der Waals surface area contributed by atoms with Gasteiger partial charge in [-0.05, 0) is 30.9 Å². The molecule has 0 aliphatic carbocycles. The summed E-state index contributed by atoms with van der Waals surface area (Å²) in [6.07, 6.45) is 2.39. The van der Waals surface area contributed by atoms with Crippen LogP contribution in [0, 0.1) is 11.7 Å². The van der Waals surface area contributed by atoms with E-state index in [-0.39, 0.29) is 17.8 Å². The topological polar surface area (TPSA) is 40.5 Å². The van der Waals surface area contributed by atoms with Crippen molar-refractivity contribution in [2.75, 3.05) is 11.4 Å². The minimum absolute atomic E-state index is 0.226. The average Bonchev–Trinajstić information content (AvgIpc) is 2.67. The van der Waals surface area contributed by atoms with Crippen LogP contribution < -0.4 is 4.90 Å². The lowest BCUT2D eigenvalue weighted by Gasteiger charge is -2.35. The minimum Gasteiger partial charge on any atom is -0.481 e. The second-order valence-electron chi connectivity index (χ2n) is 4.87. The first-order valence-corrected chi connectivity index (χ1v) is 5.93. The van der Waals surface area contributed by atoms with E-state index in [1.165, 1.54) is 6.07 Å². The van der Waals surface area contributed by atoms with Gasteiger partial charge in [0.25, 0.3) is 0 Å². The molecule has 1 fully saturated rings. The number of aliphatic carboxylic acids is 1. The first-order valence-electron chi connectivity index (χ1n) is 5.93. The smallest absolute Gasteiger partial charge is 0.308 e. The average molecular weight is 235 g/mol. The van der Waals surface area contributed by atoms with E-state index in [0.717, 1.165) is 18.4 Å². The standard InChI is InChI=1S/C13H14FNO2/c14-11-3-1-2-8-6-10-5-4-9(13(16)17)7-15(10)12(8)11/h1-3,9-10H,4-7H2,(H,16,17). The Labute approximate surface area is 98.9 Å². The normalized spacial score (nSPS) is 26.5. The minimum atomic E-state index is -0.770. The molecule has 2 aliphatic heterocycles. The Bertz CT molecular complexity index is 474. The maximum absolute atomic E-state index is 13.8. The Balaban J connectivity index is 1.95. The van der Waals surface area contributed by atoms with Crippen molar-refractivity contribution in [3.05, 3.63) is 29.6 Å². The zero-order chi connectivity index (χ0) is 12.0. The number of rotatable bonds is 1. The van der Waals surface area contributed by atoms with Crippen LogP contribution in [0.2, 0.25) is 0 Å². The molecule has 90 valence electrons. The Hall–Kier alpha value is -1.58. The number of piperidine rings is 1. The number of para-hydroxylation sites is 1. The molecule has 4 heteroatoms. The summed E-state index contributed by atoms with van der Waals surface area (Å²) in [5.41, 5.74) is 1.64. The molecule has 3 nitrogen and oxygen atoms in total. The number of halogens is 1. The van der Waals surface area contributed by atoms with Crippen molar-refractivity contribution in [1.29, 1.82) is 0 Å². The Morgan fingerprint density at radius 1 is 1.41 bits per heavy atom. The van der Waals surface area contributed by atoms with Crippen molar-refractivity contribution in [2.45, 2.75) is 25.3 Å². The van der Waals surface area contributed by atoms with Crippen LogP contribution in [-0.2, 0) is 11.2 Å². The highest BCUT2D eigenvalue weighted by molar-refractivity contribution is 5.72. The molecule has 17 heavy (non-hydrogen) atoms. The summed E-state index contributed by atoms with van der Waals surface area (Å²) in [6.45, 7) is 0.438. The van der Waals surface area contributed by atoms with Crippen LogP contribution in [0.25, 0.3) is 0 Å². The van der Waals surface area contributed by atoms with Crippen molar-refractivity contribution < 1.29 is 14.3 Å². The van der Waals surface area contributed by atoms with E-state index < -0.39 is 5.97 Å². The van der Waals surface area contributed by atoms with Crippen LogP contribution >= 0.6 is 0 Å². The molecule has 0 saturated carbocycles. The van der Waals surface area contributed by atoms with Gasteiger partial charge in [-0.2, -0.15) is 0 Å². The number of benzene rings is 1. The maximum atomic E-state index is 13.8. The number of carboxylic acid groups (broad SMARTS) is 1. The monoisotopic (exact) mass is 235 g/mol. The molecule has 2 aliphatic rings. The van der Waals surface area contributed by atoms with Crippen LogP contribution in [0.4, 0.5) is 10.1 Å². The van der Waals surface area contributed by atoms with Gasteiger partial charge in [0, 0.05) is 12.6 Å². The number of hydrogen-bond acceptors (Lipinski definition) is 2. The summed E-state index contributed by atoms with van der Waals surface area (Å²) in [5.74, 6) is -1.36. The fraction of sp³-hybridized carbons (Fsp3) is 0.462. The van der Waals surface area contributed by atoms with E-state index in [4.69, 9.17) is 5.11 Å². The number of hydrogen-bond donors (Lipinski definition) is 1. The van der Waals surface area contributed by atoms with Gasteiger partial charge in [0.1, 0.15) is 5.82 Å². The van der Waals surface area contributed by atoms with Crippen LogP contribution in [0.3, 0.4) is 0 Å². The van der Waals surface area contributed by atoms with E-state index in [1.54, 1.807) is 6.07 Å². The Morgan fingerprint density at radius 3 is 3.00 bits per heavy atom. The van der Waals surface area contributed by atoms with Crippen LogP contribution in [0.5, 0.6) is 0 Å². The molecule has 1 saturated heterocycles. The molecular formula is C13H14FNO2. The van der Waals surface area contributed by atoms with Gasteiger partial charge in [-0.3, -0.25) is 4.79 Å². The van der Waals surface area contributed by atoms with Crippen LogP contribution in [-0.4, -0.2) is 23.7 Å². The van der Waals surface area contributed by atoms with Gasteiger partial charge in [-0.15, -0.1) is 0 Å². The van der Waals surface area contributed by atoms with Gasteiger partial charge in [-0.1, -0.05) is 12.1 Å². The lowest BCUT2D eigenvalue weighted by Crippen LogP contribution is -2.43. The first-order chi connectivity index (χ1) is 8.16. The second-order valence-corrected chi connectivity index (χ2v) is 4.87. The number of nitrogens with zero attached hydrogens (tertiary/aromatic N) is 1. The predicted molar refractivity (Wildman–Crippen MR) is 61.6 cm³/mol. The molecule has 2 unspecified atom stereocenters. The largest absolute Gasteiger partial charge is 0.481 e. The van der Waals surface area contributed by atoms with Gasteiger partial charge >= 0.3 is 5.97 Å². The molecule has 1 aromatic rings. The zero-order valence-electron chi connectivity index (χ0n) is 9.40. The number of anilines is 1. The maximum Gasteiger partial charge on any atom is 0.308 e. The molecule has 2 atom stereocenters. The molecule has 0 aromatic heterocycles. The third-order valence-corrected chi connectivity index (χ3v) is 3.87. The fourth-order valence-electron chi connectivity index (χ4n) is 3.02. The molecular weight excluding hydrogens is 221 g/mol. The molecule has 3 rings (SSSR count). The molecule has 0 spiro atoms. The molecule has 1 aromatic carbocycles. The Morgan fingerprint density at radius 2 is 2.24 bits per heavy atom. The third kappa shape index (κ3) is 1.59. The fourth-order valence-corrected chi connectivity index (χ4v) is 3.02. The zero-order valence-corrected chi connectivity index (χ0v) is 9.40. The number of carbonyl (C=O) groups is 1. The van der Waals surface area contributed by atoms with Crippen LogP contribution in [0.1, 0.15) is 18.4 Å².